The minimum atomic E-state index is -0.390. The molecule has 162 valence electrons. The zero-order chi connectivity index (χ0) is 22.1. The molecule has 8 heteroatoms. The lowest BCUT2D eigenvalue weighted by atomic mass is 10.1. The summed E-state index contributed by atoms with van der Waals surface area (Å²) in [5.41, 5.74) is 3.20. The highest BCUT2D eigenvalue weighted by Gasteiger charge is 2.38. The van der Waals surface area contributed by atoms with Crippen LogP contribution >= 0.6 is 0 Å². The van der Waals surface area contributed by atoms with Gasteiger partial charge in [-0.3, -0.25) is 14.5 Å². The van der Waals surface area contributed by atoms with E-state index in [9.17, 15) is 18.8 Å². The summed E-state index contributed by atoms with van der Waals surface area (Å²) < 4.78 is 13.2. The molecule has 4 amide bonds. The molecule has 0 atom stereocenters. The van der Waals surface area contributed by atoms with Crippen molar-refractivity contribution in [1.29, 1.82) is 0 Å². The molecule has 1 aliphatic carbocycles. The summed E-state index contributed by atoms with van der Waals surface area (Å²) in [5, 5.41) is 2.95. The fraction of sp³-hybridized carbons (Fsp3) is 0.348. The van der Waals surface area contributed by atoms with Gasteiger partial charge in [0.25, 0.3) is 0 Å². The van der Waals surface area contributed by atoms with Crippen LogP contribution in [0.4, 0.5) is 20.6 Å². The van der Waals surface area contributed by atoms with Gasteiger partial charge in [-0.2, -0.15) is 0 Å². The van der Waals surface area contributed by atoms with E-state index in [2.05, 4.69) is 5.32 Å². The number of para-hydroxylation sites is 1. The number of hydrogen-bond donors (Lipinski definition) is 1. The summed E-state index contributed by atoms with van der Waals surface area (Å²) in [6, 6.07) is 11.1. The minimum absolute atomic E-state index is 0.0276. The molecule has 1 saturated heterocycles. The SMILES string of the molecule is Cc1cccc(C)c1NC(=O)N(CC(=O)N1CC(=O)N(c2ccc(F)cc2)C1)C1CC1. The smallest absolute Gasteiger partial charge is 0.314 e. The first-order valence-corrected chi connectivity index (χ1v) is 10.3. The first-order chi connectivity index (χ1) is 14.8. The Morgan fingerprint density at radius 3 is 2.35 bits per heavy atom. The van der Waals surface area contributed by atoms with E-state index in [1.807, 2.05) is 32.0 Å². The number of urea groups is 1. The van der Waals surface area contributed by atoms with E-state index in [1.54, 1.807) is 4.90 Å². The Bertz CT molecular complexity index is 1000. The molecule has 0 radical (unpaired) electrons. The van der Waals surface area contributed by atoms with Gasteiger partial charge in [-0.1, -0.05) is 18.2 Å². The fourth-order valence-corrected chi connectivity index (χ4v) is 3.75. The molecule has 1 heterocycles. The predicted octanol–water partition coefficient (Wildman–Crippen LogP) is 3.27. The number of hydrogen-bond acceptors (Lipinski definition) is 3. The lowest BCUT2D eigenvalue weighted by Gasteiger charge is -2.26. The van der Waals surface area contributed by atoms with E-state index in [1.165, 1.54) is 34.1 Å². The third kappa shape index (κ3) is 4.52. The van der Waals surface area contributed by atoms with Crippen molar-refractivity contribution in [3.63, 3.8) is 0 Å². The second-order valence-electron chi connectivity index (χ2n) is 8.09. The Hall–Kier alpha value is -3.42. The van der Waals surface area contributed by atoms with Crippen molar-refractivity contribution in [3.8, 4) is 0 Å². The van der Waals surface area contributed by atoms with Crippen LogP contribution < -0.4 is 10.2 Å². The van der Waals surface area contributed by atoms with Crippen LogP contribution in [0.1, 0.15) is 24.0 Å². The average molecular weight is 424 g/mol. The third-order valence-corrected chi connectivity index (χ3v) is 5.70. The molecule has 0 aromatic heterocycles. The summed E-state index contributed by atoms with van der Waals surface area (Å²) in [6.45, 7) is 3.78. The first kappa shape index (κ1) is 20.8. The second-order valence-corrected chi connectivity index (χ2v) is 8.09. The zero-order valence-corrected chi connectivity index (χ0v) is 17.6. The predicted molar refractivity (Wildman–Crippen MR) is 115 cm³/mol. The zero-order valence-electron chi connectivity index (χ0n) is 17.6. The van der Waals surface area contributed by atoms with Crippen LogP contribution in [0.25, 0.3) is 0 Å². The largest absolute Gasteiger partial charge is 0.322 e. The molecule has 2 aromatic carbocycles. The van der Waals surface area contributed by atoms with Gasteiger partial charge in [0, 0.05) is 17.4 Å². The normalized spacial score (nSPS) is 15.9. The number of nitrogens with one attached hydrogen (secondary N) is 1. The first-order valence-electron chi connectivity index (χ1n) is 10.3. The average Bonchev–Trinajstić information content (AvgIpc) is 3.50. The molecule has 1 saturated carbocycles. The quantitative estimate of drug-likeness (QED) is 0.801. The van der Waals surface area contributed by atoms with E-state index in [4.69, 9.17) is 0 Å². The number of aryl methyl sites for hydroxylation is 2. The highest BCUT2D eigenvalue weighted by Crippen LogP contribution is 2.29. The Morgan fingerprint density at radius 2 is 1.74 bits per heavy atom. The fourth-order valence-electron chi connectivity index (χ4n) is 3.75. The van der Waals surface area contributed by atoms with Gasteiger partial charge in [-0.15, -0.1) is 0 Å². The van der Waals surface area contributed by atoms with Crippen LogP contribution in [0, 0.1) is 19.7 Å². The molecule has 2 aromatic rings. The van der Waals surface area contributed by atoms with Crippen molar-refractivity contribution >= 4 is 29.2 Å². The summed E-state index contributed by atoms with van der Waals surface area (Å²) in [5.74, 6) is -0.919. The Balaban J connectivity index is 1.43. The van der Waals surface area contributed by atoms with Gasteiger partial charge in [0.1, 0.15) is 25.6 Å². The molecule has 31 heavy (non-hydrogen) atoms. The molecule has 2 fully saturated rings. The number of nitrogens with zero attached hydrogens (tertiary/aromatic N) is 3. The summed E-state index contributed by atoms with van der Waals surface area (Å²) in [6.07, 6.45) is 1.71. The molecule has 0 spiro atoms. The molecule has 1 N–H and O–H groups in total. The van der Waals surface area contributed by atoms with Gasteiger partial charge in [0.2, 0.25) is 11.8 Å². The van der Waals surface area contributed by atoms with E-state index >= 15 is 0 Å². The van der Waals surface area contributed by atoms with Crippen molar-refractivity contribution in [1.82, 2.24) is 9.80 Å². The van der Waals surface area contributed by atoms with Gasteiger partial charge in [0.05, 0.1) is 0 Å². The monoisotopic (exact) mass is 424 g/mol. The highest BCUT2D eigenvalue weighted by atomic mass is 19.1. The number of anilines is 2. The van der Waals surface area contributed by atoms with Crippen molar-refractivity contribution in [2.45, 2.75) is 32.7 Å². The summed E-state index contributed by atoms with van der Waals surface area (Å²) in [4.78, 5) is 42.7. The van der Waals surface area contributed by atoms with Gasteiger partial charge in [-0.25, -0.2) is 9.18 Å². The number of amides is 4. The molecular formula is C23H25FN4O3. The van der Waals surface area contributed by atoms with Gasteiger partial charge < -0.3 is 15.1 Å². The Labute approximate surface area is 180 Å². The molecule has 0 bridgehead atoms. The maximum Gasteiger partial charge on any atom is 0.322 e. The molecular weight excluding hydrogens is 399 g/mol. The number of carbonyl (C=O) groups is 3. The van der Waals surface area contributed by atoms with Crippen molar-refractivity contribution in [3.05, 3.63) is 59.4 Å². The number of halogens is 1. The van der Waals surface area contributed by atoms with Crippen LogP contribution in [0.15, 0.2) is 42.5 Å². The maximum absolute atomic E-state index is 13.2. The van der Waals surface area contributed by atoms with E-state index in [0.29, 0.717) is 5.69 Å². The maximum atomic E-state index is 13.2. The Morgan fingerprint density at radius 1 is 1.10 bits per heavy atom. The van der Waals surface area contributed by atoms with Crippen LogP contribution in [0.2, 0.25) is 0 Å². The van der Waals surface area contributed by atoms with E-state index < -0.39 is 5.82 Å². The molecule has 2 aliphatic rings. The van der Waals surface area contributed by atoms with Crippen molar-refractivity contribution in [2.75, 3.05) is 30.0 Å². The van der Waals surface area contributed by atoms with Gasteiger partial charge >= 0.3 is 6.03 Å². The van der Waals surface area contributed by atoms with Crippen LogP contribution in [-0.4, -0.2) is 53.4 Å². The van der Waals surface area contributed by atoms with Crippen molar-refractivity contribution < 1.29 is 18.8 Å². The van der Waals surface area contributed by atoms with Crippen molar-refractivity contribution in [2.24, 2.45) is 0 Å². The standard InChI is InChI=1S/C23H25FN4O3/c1-15-4-3-5-16(2)22(15)25-23(31)27(18-10-11-18)13-20(29)26-12-21(30)28(14-26)19-8-6-17(24)7-9-19/h3-9,18H,10-14H2,1-2H3,(H,25,31). The summed E-state index contributed by atoms with van der Waals surface area (Å²) >= 11 is 0. The molecule has 1 aliphatic heterocycles. The lowest BCUT2D eigenvalue weighted by Crippen LogP contribution is -2.45. The Kier molecular flexibility index (Phi) is 5.63. The lowest BCUT2D eigenvalue weighted by molar-refractivity contribution is -0.132. The molecule has 4 rings (SSSR count). The van der Waals surface area contributed by atoms with Gasteiger partial charge in [-0.05, 0) is 62.1 Å². The minimum Gasteiger partial charge on any atom is -0.314 e. The number of carbonyl (C=O) groups excluding carboxylic acids is 3. The number of rotatable bonds is 5. The van der Waals surface area contributed by atoms with E-state index in [0.717, 1.165) is 29.7 Å². The third-order valence-electron chi connectivity index (χ3n) is 5.70. The van der Waals surface area contributed by atoms with E-state index in [-0.39, 0.29) is 43.6 Å². The molecule has 0 unspecified atom stereocenters. The van der Waals surface area contributed by atoms with Crippen LogP contribution in [-0.2, 0) is 9.59 Å². The second kappa shape index (κ2) is 8.37. The van der Waals surface area contributed by atoms with Crippen LogP contribution in [0.5, 0.6) is 0 Å². The molecule has 7 nitrogen and oxygen atoms in total. The number of benzene rings is 2. The highest BCUT2D eigenvalue weighted by molar-refractivity contribution is 6.01. The summed E-state index contributed by atoms with van der Waals surface area (Å²) in [7, 11) is 0. The topological polar surface area (TPSA) is 73.0 Å². The van der Waals surface area contributed by atoms with Crippen LogP contribution in [0.3, 0.4) is 0 Å². The van der Waals surface area contributed by atoms with Gasteiger partial charge in [0.15, 0.2) is 0 Å².